The number of unbranched alkanes of at least 4 members (excludes halogenated alkanes) is 4. The Hall–Kier alpha value is -3.36. The molecule has 0 aliphatic heterocycles. The molecule has 1 aliphatic rings. The number of rotatable bonds is 16. The lowest BCUT2D eigenvalue weighted by Gasteiger charge is -2.34. The molecule has 5 heteroatoms. The predicted octanol–water partition coefficient (Wildman–Crippen LogP) is 10.8. The second-order valence-corrected chi connectivity index (χ2v) is 12.7. The first-order valence-electron chi connectivity index (χ1n) is 15.9. The average molecular weight is 583 g/mol. The number of carbonyl (C=O) groups is 1. The molecular formula is C37H46N2O2S. The minimum absolute atomic E-state index is 0.00947. The van der Waals surface area contributed by atoms with Crippen molar-refractivity contribution >= 4 is 29.1 Å². The maximum absolute atomic E-state index is 11.4. The Balaban J connectivity index is 1.83. The van der Waals surface area contributed by atoms with E-state index in [0.29, 0.717) is 0 Å². The highest BCUT2D eigenvalue weighted by Crippen LogP contribution is 2.55. The first-order chi connectivity index (χ1) is 20.4. The van der Waals surface area contributed by atoms with Gasteiger partial charge in [0.05, 0.1) is 6.57 Å². The summed E-state index contributed by atoms with van der Waals surface area (Å²) in [7, 11) is 0. The number of anilines is 1. The second-order valence-electron chi connectivity index (χ2n) is 11.6. The van der Waals surface area contributed by atoms with Crippen LogP contribution in [0.4, 0.5) is 5.69 Å². The molecule has 0 radical (unpaired) electrons. The van der Waals surface area contributed by atoms with Gasteiger partial charge in [-0.2, -0.15) is 0 Å². The largest absolute Gasteiger partial charge is 0.486 e. The zero-order valence-electron chi connectivity index (χ0n) is 25.8. The van der Waals surface area contributed by atoms with Crippen molar-refractivity contribution in [3.05, 3.63) is 81.6 Å². The van der Waals surface area contributed by atoms with Crippen LogP contribution in [0, 0.1) is 6.57 Å². The van der Waals surface area contributed by atoms with Crippen molar-refractivity contribution in [3.63, 3.8) is 0 Å². The van der Waals surface area contributed by atoms with Crippen molar-refractivity contribution in [1.29, 1.82) is 0 Å². The molecule has 4 nitrogen and oxygen atoms in total. The van der Waals surface area contributed by atoms with E-state index >= 15 is 0 Å². The highest BCUT2D eigenvalue weighted by Gasteiger charge is 2.42. The monoisotopic (exact) mass is 582 g/mol. The van der Waals surface area contributed by atoms with Crippen LogP contribution in [0.2, 0.25) is 0 Å². The Morgan fingerprint density at radius 1 is 0.857 bits per heavy atom. The van der Waals surface area contributed by atoms with E-state index in [1.165, 1.54) is 85.4 Å². The van der Waals surface area contributed by atoms with Crippen LogP contribution in [0.5, 0.6) is 0 Å². The predicted molar refractivity (Wildman–Crippen MR) is 179 cm³/mol. The molecule has 3 aromatic rings. The van der Waals surface area contributed by atoms with Crippen LogP contribution in [-0.2, 0) is 10.2 Å². The van der Waals surface area contributed by atoms with Crippen molar-refractivity contribution in [2.24, 2.45) is 0 Å². The number of thiophene rings is 1. The molecule has 1 aliphatic carbocycles. The summed E-state index contributed by atoms with van der Waals surface area (Å²) < 4.78 is 0. The maximum atomic E-state index is 11.4. The first-order valence-corrected chi connectivity index (χ1v) is 16.7. The number of hydrogen-bond acceptors (Lipinski definition) is 3. The van der Waals surface area contributed by atoms with Gasteiger partial charge in [0.15, 0.2) is 0 Å². The van der Waals surface area contributed by atoms with Gasteiger partial charge < -0.3 is 10.0 Å². The normalized spacial score (nSPS) is 13.5. The van der Waals surface area contributed by atoms with Crippen LogP contribution < -0.4 is 4.90 Å². The van der Waals surface area contributed by atoms with Crippen molar-refractivity contribution in [2.75, 3.05) is 18.0 Å². The lowest BCUT2D eigenvalue weighted by molar-refractivity contribution is -0.132. The summed E-state index contributed by atoms with van der Waals surface area (Å²) in [6.07, 6.45) is 13.3. The summed E-state index contributed by atoms with van der Waals surface area (Å²) in [6.45, 7) is 18.6. The number of hydrogen-bond donors (Lipinski definition) is 1. The quantitative estimate of drug-likeness (QED) is 0.135. The van der Waals surface area contributed by atoms with Gasteiger partial charge in [-0.05, 0) is 89.9 Å². The van der Waals surface area contributed by atoms with Crippen molar-refractivity contribution in [3.8, 4) is 21.6 Å². The van der Waals surface area contributed by atoms with Crippen LogP contribution in [0.15, 0.2) is 54.2 Å². The summed E-state index contributed by atoms with van der Waals surface area (Å²) in [4.78, 5) is 19.1. The Bertz CT molecular complexity index is 1430. The number of fused-ring (bicyclic) bond motifs is 3. The molecule has 0 spiro atoms. The summed E-state index contributed by atoms with van der Waals surface area (Å²) >= 11 is 1.54. The fourth-order valence-corrected chi connectivity index (χ4v) is 7.33. The topological polar surface area (TPSA) is 44.9 Å². The van der Waals surface area contributed by atoms with E-state index in [9.17, 15) is 9.90 Å². The smallest absolute Gasteiger partial charge is 0.333 e. The lowest BCUT2D eigenvalue weighted by atomic mass is 9.70. The Kier molecular flexibility index (Phi) is 11.0. The van der Waals surface area contributed by atoms with E-state index in [-0.39, 0.29) is 11.1 Å². The Morgan fingerprint density at radius 3 is 2.02 bits per heavy atom. The minimum Gasteiger partial charge on any atom is -0.486 e. The number of aliphatic carboxylic acids is 1. The fourth-order valence-electron chi connectivity index (χ4n) is 6.38. The van der Waals surface area contributed by atoms with Crippen molar-refractivity contribution in [2.45, 2.75) is 97.3 Å². The van der Waals surface area contributed by atoms with Crippen LogP contribution in [0.3, 0.4) is 0 Å². The van der Waals surface area contributed by atoms with Gasteiger partial charge in [0.2, 0.25) is 0 Å². The van der Waals surface area contributed by atoms with E-state index in [1.807, 2.05) is 6.07 Å². The Labute approximate surface area is 256 Å². The summed E-state index contributed by atoms with van der Waals surface area (Å²) in [6, 6.07) is 18.2. The highest BCUT2D eigenvalue weighted by atomic mass is 32.1. The molecule has 0 saturated heterocycles. The summed E-state index contributed by atoms with van der Waals surface area (Å²) in [5.74, 6) is -1.19. The Morgan fingerprint density at radius 2 is 1.45 bits per heavy atom. The molecule has 0 atom stereocenters. The molecular weight excluding hydrogens is 536 g/mol. The van der Waals surface area contributed by atoms with Crippen molar-refractivity contribution in [1.82, 2.24) is 0 Å². The van der Waals surface area contributed by atoms with Gasteiger partial charge in [0.25, 0.3) is 5.70 Å². The van der Waals surface area contributed by atoms with Gasteiger partial charge in [-0.15, -0.1) is 11.3 Å². The SMILES string of the molecule is [C-]#[N+]/C(=C\c1ccc(-c2ccc3c(c2)C(CCCC)(CCCC)c2cc(N(CCCC)CCCC)ccc2-3)s1)C(=O)O. The van der Waals surface area contributed by atoms with Crippen molar-refractivity contribution < 1.29 is 9.90 Å². The third-order valence-electron chi connectivity index (χ3n) is 8.72. The second kappa shape index (κ2) is 14.7. The number of nitrogens with zero attached hydrogens (tertiary/aromatic N) is 2. The fraction of sp³-hybridized carbons (Fsp3) is 0.459. The van der Waals surface area contributed by atoms with Gasteiger partial charge in [-0.25, -0.2) is 4.85 Å². The molecule has 42 heavy (non-hydrogen) atoms. The van der Waals surface area contributed by atoms with Gasteiger partial charge >= 0.3 is 5.97 Å². The summed E-state index contributed by atoms with van der Waals surface area (Å²) in [5, 5.41) is 9.31. The van der Waals surface area contributed by atoms with Crippen LogP contribution in [-0.4, -0.2) is 24.2 Å². The molecule has 1 aromatic heterocycles. The molecule has 0 bridgehead atoms. The lowest BCUT2D eigenvalue weighted by Crippen LogP contribution is -2.28. The molecule has 2 aromatic carbocycles. The highest BCUT2D eigenvalue weighted by molar-refractivity contribution is 7.16. The standard InChI is InChI=1S/C37H46N2O2S/c1-6-10-20-37(21-11-7-2)32-24-27(35-19-16-29(42-35)26-34(38-5)36(40)41)14-17-30(32)31-18-15-28(25-33(31)37)39(22-12-8-3)23-13-9-4/h14-19,24-26H,6-13,20-23H2,1-4H3,(H,40,41)/b34-26-. The number of carboxylic acid groups (broad SMARTS) is 1. The van der Waals surface area contributed by atoms with Crippen LogP contribution in [0.1, 0.15) is 108 Å². The van der Waals surface area contributed by atoms with E-state index in [1.54, 1.807) is 11.3 Å². The van der Waals surface area contributed by atoms with E-state index in [0.717, 1.165) is 41.2 Å². The zero-order valence-corrected chi connectivity index (χ0v) is 26.7. The van der Waals surface area contributed by atoms with Gasteiger partial charge in [0, 0.05) is 33.9 Å². The van der Waals surface area contributed by atoms with Gasteiger partial charge in [0.1, 0.15) is 0 Å². The third-order valence-corrected chi connectivity index (χ3v) is 9.80. The van der Waals surface area contributed by atoms with E-state index in [2.05, 4.69) is 79.9 Å². The van der Waals surface area contributed by atoms with Gasteiger partial charge in [-0.3, -0.25) is 4.79 Å². The molecule has 0 amide bonds. The maximum Gasteiger partial charge on any atom is 0.333 e. The average Bonchev–Trinajstić information content (AvgIpc) is 3.58. The molecule has 222 valence electrons. The van der Waals surface area contributed by atoms with Crippen LogP contribution in [0.25, 0.3) is 32.5 Å². The summed E-state index contributed by atoms with van der Waals surface area (Å²) in [5.41, 5.74) is 7.96. The molecule has 0 fully saturated rings. The molecule has 0 saturated carbocycles. The molecule has 0 unspecified atom stereocenters. The minimum atomic E-state index is -1.19. The zero-order chi connectivity index (χ0) is 30.1. The van der Waals surface area contributed by atoms with Gasteiger partial charge in [-0.1, -0.05) is 84.4 Å². The number of benzene rings is 2. The van der Waals surface area contributed by atoms with Crippen LogP contribution >= 0.6 is 11.3 Å². The third kappa shape index (κ3) is 6.65. The van der Waals surface area contributed by atoms with E-state index < -0.39 is 5.97 Å². The molecule has 1 N–H and O–H groups in total. The van der Waals surface area contributed by atoms with E-state index in [4.69, 9.17) is 6.57 Å². The molecule has 1 heterocycles. The number of carboxylic acids is 1. The molecule has 4 rings (SSSR count). The first kappa shape index (κ1) is 31.6.